The third-order valence-electron chi connectivity index (χ3n) is 8.72. The molecular formula is C34H33NOSn. The van der Waals surface area contributed by atoms with Gasteiger partial charge in [-0.25, -0.2) is 0 Å². The van der Waals surface area contributed by atoms with Crippen LogP contribution in [0.15, 0.2) is 139 Å². The van der Waals surface area contributed by atoms with E-state index in [0.717, 1.165) is 6.42 Å². The third kappa shape index (κ3) is 4.06. The van der Waals surface area contributed by atoms with Gasteiger partial charge in [0.2, 0.25) is 0 Å². The minimum atomic E-state index is -3.71. The van der Waals surface area contributed by atoms with Crippen LogP contribution in [0.25, 0.3) is 0 Å². The predicted octanol–water partition coefficient (Wildman–Crippen LogP) is 5.59. The van der Waals surface area contributed by atoms with Crippen LogP contribution in [0.2, 0.25) is 3.93 Å². The van der Waals surface area contributed by atoms with Crippen molar-refractivity contribution in [1.82, 2.24) is 0 Å². The van der Waals surface area contributed by atoms with Gasteiger partial charge in [0.1, 0.15) is 0 Å². The van der Waals surface area contributed by atoms with Crippen LogP contribution in [0.3, 0.4) is 0 Å². The Morgan fingerprint density at radius 2 is 1.22 bits per heavy atom. The summed E-state index contributed by atoms with van der Waals surface area (Å²) in [5.74, 6) is 0.947. The first-order valence-electron chi connectivity index (χ1n) is 13.3. The fourth-order valence-corrected chi connectivity index (χ4v) is 25.5. The van der Waals surface area contributed by atoms with E-state index >= 15 is 0 Å². The molecule has 0 amide bonds. The normalized spacial score (nSPS) is 24.5. The van der Waals surface area contributed by atoms with Crippen molar-refractivity contribution in [2.45, 2.75) is 16.8 Å². The molecule has 6 rings (SSSR count). The fourth-order valence-electron chi connectivity index (χ4n) is 7.43. The molecule has 0 N–H and O–H groups in total. The second kappa shape index (κ2) is 10.3. The molecule has 1 saturated carbocycles. The summed E-state index contributed by atoms with van der Waals surface area (Å²) in [6.07, 6.45) is 9.35. The van der Waals surface area contributed by atoms with Crippen LogP contribution in [0, 0.1) is 17.3 Å². The van der Waals surface area contributed by atoms with Gasteiger partial charge in [0.15, 0.2) is 0 Å². The molecule has 4 atom stereocenters. The van der Waals surface area contributed by atoms with Crippen molar-refractivity contribution in [2.24, 2.45) is 22.4 Å². The number of fused-ring (bicyclic) bond motifs is 2. The Morgan fingerprint density at radius 3 is 1.70 bits per heavy atom. The van der Waals surface area contributed by atoms with E-state index in [4.69, 9.17) is 4.84 Å². The zero-order chi connectivity index (χ0) is 25.1. The topological polar surface area (TPSA) is 21.6 Å². The van der Waals surface area contributed by atoms with Crippen LogP contribution in [-0.4, -0.2) is 31.7 Å². The first-order valence-corrected chi connectivity index (χ1v) is 19.2. The Labute approximate surface area is 224 Å². The molecule has 2 aliphatic carbocycles. The summed E-state index contributed by atoms with van der Waals surface area (Å²) < 4.78 is 5.04. The minimum absolute atomic E-state index is 0.131. The molecule has 0 saturated heterocycles. The van der Waals surface area contributed by atoms with Crippen molar-refractivity contribution < 1.29 is 4.84 Å². The fraction of sp³-hybridized carbons (Fsp3) is 0.206. The van der Waals surface area contributed by atoms with E-state index in [1.165, 1.54) is 22.7 Å². The Bertz CT molecular complexity index is 1270. The number of allylic oxidation sites excluding steroid dienone is 2. The number of hydrogen-bond donors (Lipinski definition) is 0. The number of rotatable bonds is 8. The summed E-state index contributed by atoms with van der Waals surface area (Å²) >= 11 is -3.71. The summed E-state index contributed by atoms with van der Waals surface area (Å²) in [5, 5.41) is 4.56. The zero-order valence-corrected chi connectivity index (χ0v) is 24.1. The first kappa shape index (κ1) is 24.2. The van der Waals surface area contributed by atoms with Crippen molar-refractivity contribution in [3.05, 3.63) is 139 Å². The maximum atomic E-state index is 5.42. The molecule has 0 spiro atoms. The van der Waals surface area contributed by atoms with E-state index < -0.39 is 18.4 Å². The summed E-state index contributed by atoms with van der Waals surface area (Å²) in [6.45, 7) is 0. The Hall–Kier alpha value is -3.11. The molecule has 1 fully saturated rings. The summed E-state index contributed by atoms with van der Waals surface area (Å²) in [6, 6.07) is 45.3. The second-order valence-electron chi connectivity index (χ2n) is 10.5. The SMILES string of the molecule is CO/N=C/[C@]1(Cc2ccccc2)[C@H]2C=C[C@H](C2)[C@@H]1[Sn]([c]1ccccc1)([c]1ccccc1)[c]1ccccc1. The molecule has 37 heavy (non-hydrogen) atoms. The number of oxime groups is 1. The van der Waals surface area contributed by atoms with Crippen LogP contribution in [0.4, 0.5) is 0 Å². The number of nitrogens with zero attached hydrogens (tertiary/aromatic N) is 1. The molecule has 184 valence electrons. The van der Waals surface area contributed by atoms with Crippen LogP contribution in [0.1, 0.15) is 12.0 Å². The average Bonchev–Trinajstić information content (AvgIpc) is 3.56. The van der Waals surface area contributed by atoms with Gasteiger partial charge >= 0.3 is 226 Å². The molecule has 0 unspecified atom stereocenters. The first-order chi connectivity index (χ1) is 18.3. The number of hydrogen-bond acceptors (Lipinski definition) is 2. The van der Waals surface area contributed by atoms with E-state index in [9.17, 15) is 0 Å². The number of benzene rings is 4. The third-order valence-corrected chi connectivity index (χ3v) is 24.8. The van der Waals surface area contributed by atoms with Gasteiger partial charge in [-0.2, -0.15) is 0 Å². The molecule has 0 aromatic heterocycles. The molecule has 0 aliphatic heterocycles. The van der Waals surface area contributed by atoms with Gasteiger partial charge in [0, 0.05) is 0 Å². The van der Waals surface area contributed by atoms with Crippen molar-refractivity contribution >= 4 is 35.3 Å². The Kier molecular flexibility index (Phi) is 6.77. The summed E-state index contributed by atoms with van der Waals surface area (Å²) in [5.41, 5.74) is 1.24. The van der Waals surface area contributed by atoms with Crippen molar-refractivity contribution in [1.29, 1.82) is 0 Å². The van der Waals surface area contributed by atoms with Crippen molar-refractivity contribution in [3.63, 3.8) is 0 Å². The van der Waals surface area contributed by atoms with Crippen LogP contribution in [0.5, 0.6) is 0 Å². The van der Waals surface area contributed by atoms with Crippen LogP contribution < -0.4 is 10.7 Å². The second-order valence-corrected chi connectivity index (χ2v) is 21.8. The van der Waals surface area contributed by atoms with Gasteiger partial charge in [-0.15, -0.1) is 0 Å². The maximum absolute atomic E-state index is 5.42. The van der Waals surface area contributed by atoms with Gasteiger partial charge in [0.25, 0.3) is 0 Å². The van der Waals surface area contributed by atoms with Crippen molar-refractivity contribution in [3.8, 4) is 0 Å². The molecule has 2 nitrogen and oxygen atoms in total. The van der Waals surface area contributed by atoms with Gasteiger partial charge in [-0.1, -0.05) is 0 Å². The van der Waals surface area contributed by atoms with E-state index in [1.807, 2.05) is 0 Å². The Balaban J connectivity index is 1.69. The molecule has 4 aromatic carbocycles. The molecule has 4 aromatic rings. The van der Waals surface area contributed by atoms with Gasteiger partial charge in [0.05, 0.1) is 0 Å². The monoisotopic (exact) mass is 591 g/mol. The van der Waals surface area contributed by atoms with Gasteiger partial charge in [-0.05, 0) is 0 Å². The Morgan fingerprint density at radius 1 is 0.730 bits per heavy atom. The van der Waals surface area contributed by atoms with Crippen molar-refractivity contribution in [2.75, 3.05) is 7.11 Å². The quantitative estimate of drug-likeness (QED) is 0.114. The summed E-state index contributed by atoms with van der Waals surface area (Å²) in [7, 11) is 1.67. The van der Waals surface area contributed by atoms with E-state index in [2.05, 4.69) is 145 Å². The standard InChI is InChI=1S/C16H18NO.3C6H5.Sn/c1-18-17-12-16(10-13-5-3-2-4-6-13)11-14-7-8-15(16)9-14;3*1-2-4-6-5-3-1;/h2-8,11-12,14-15H,9-10H2,1H3;3*1-5H;/b17-12+;;;;/t14-,15+,16-;;;;/m1..../s1. The van der Waals surface area contributed by atoms with Crippen LogP contribution in [-0.2, 0) is 11.3 Å². The van der Waals surface area contributed by atoms with E-state index in [1.54, 1.807) is 7.11 Å². The van der Waals surface area contributed by atoms with E-state index in [-0.39, 0.29) is 5.41 Å². The molecule has 2 aliphatic rings. The average molecular weight is 590 g/mol. The molecular weight excluding hydrogens is 557 g/mol. The van der Waals surface area contributed by atoms with E-state index in [0.29, 0.717) is 15.8 Å². The predicted molar refractivity (Wildman–Crippen MR) is 157 cm³/mol. The molecule has 0 heterocycles. The molecule has 2 bridgehead atoms. The van der Waals surface area contributed by atoms with Gasteiger partial charge in [-0.3, -0.25) is 0 Å². The molecule has 0 radical (unpaired) electrons. The molecule has 3 heteroatoms. The van der Waals surface area contributed by atoms with Crippen LogP contribution >= 0.6 is 0 Å². The summed E-state index contributed by atoms with van der Waals surface area (Å²) in [4.78, 5) is 5.42. The van der Waals surface area contributed by atoms with Gasteiger partial charge < -0.3 is 0 Å². The zero-order valence-electron chi connectivity index (χ0n) is 21.3.